The second-order valence-corrected chi connectivity index (χ2v) is 7.43. The Hall–Kier alpha value is -4.11. The van der Waals surface area contributed by atoms with Gasteiger partial charge in [-0.3, -0.25) is 9.89 Å². The van der Waals surface area contributed by atoms with E-state index in [-0.39, 0.29) is 12.0 Å². The molecule has 1 unspecified atom stereocenters. The number of nitrogens with one attached hydrogen (secondary N) is 2. The molecule has 2 atom stereocenters. The molecule has 0 saturated heterocycles. The highest BCUT2D eigenvalue weighted by molar-refractivity contribution is 5.96. The molecule has 0 aliphatic heterocycles. The molecule has 32 heavy (non-hydrogen) atoms. The van der Waals surface area contributed by atoms with E-state index in [1.165, 1.54) is 6.20 Å². The van der Waals surface area contributed by atoms with Gasteiger partial charge < -0.3 is 15.5 Å². The molecule has 0 aliphatic carbocycles. The van der Waals surface area contributed by atoms with E-state index in [9.17, 15) is 14.7 Å². The minimum atomic E-state index is -1.60. The molecule has 0 spiro atoms. The summed E-state index contributed by atoms with van der Waals surface area (Å²) in [6.45, 7) is 0. The van der Waals surface area contributed by atoms with Crippen LogP contribution in [0.3, 0.4) is 0 Å². The molecule has 2 aromatic heterocycles. The highest BCUT2D eigenvalue weighted by Gasteiger charge is 2.23. The van der Waals surface area contributed by atoms with Gasteiger partial charge in [0.05, 0.1) is 5.56 Å². The SMILES string of the molecule is O=C(NC(Cc1ccc(-c2ccccc2)cc1)C[C@@H](O)C(=O)O)c1cnc2nn[nH]c2c1. The normalized spacial score (nSPS) is 12.9. The number of carbonyl (C=O) groups is 2. The van der Waals surface area contributed by atoms with Crippen LogP contribution in [0.5, 0.6) is 0 Å². The first-order valence-electron chi connectivity index (χ1n) is 10.0. The van der Waals surface area contributed by atoms with Crippen molar-refractivity contribution in [3.05, 3.63) is 78.0 Å². The third-order valence-corrected chi connectivity index (χ3v) is 5.12. The Morgan fingerprint density at radius 3 is 2.47 bits per heavy atom. The van der Waals surface area contributed by atoms with Crippen molar-refractivity contribution >= 4 is 23.0 Å². The number of amides is 1. The molecule has 0 radical (unpaired) electrons. The molecular formula is C23H21N5O4. The summed E-state index contributed by atoms with van der Waals surface area (Å²) >= 11 is 0. The molecule has 162 valence electrons. The fourth-order valence-electron chi connectivity index (χ4n) is 3.45. The number of carbonyl (C=O) groups excluding carboxylic acids is 1. The standard InChI is InChI=1S/C23H21N5O4/c29-20(23(31)32)12-18(25-22(30)17-11-19-21(24-13-17)27-28-26-19)10-14-6-8-16(9-7-14)15-4-2-1-3-5-15/h1-9,11,13,18,20,29H,10,12H2,(H,25,30)(H,31,32)(H,24,26,27,28)/t18?,20-/m1/s1. The minimum Gasteiger partial charge on any atom is -0.479 e. The van der Waals surface area contributed by atoms with Crippen LogP contribution in [-0.4, -0.2) is 54.6 Å². The molecular weight excluding hydrogens is 410 g/mol. The van der Waals surface area contributed by atoms with Crippen LogP contribution in [0.1, 0.15) is 22.3 Å². The number of H-pyrrole nitrogens is 1. The number of nitrogens with zero attached hydrogens (tertiary/aromatic N) is 3. The first kappa shape index (κ1) is 21.1. The van der Waals surface area contributed by atoms with E-state index >= 15 is 0 Å². The van der Waals surface area contributed by atoms with Crippen molar-refractivity contribution in [2.75, 3.05) is 0 Å². The highest BCUT2D eigenvalue weighted by Crippen LogP contribution is 2.20. The van der Waals surface area contributed by atoms with Crippen molar-refractivity contribution in [1.82, 2.24) is 25.7 Å². The third-order valence-electron chi connectivity index (χ3n) is 5.12. The Bertz CT molecular complexity index is 1220. The first-order valence-corrected chi connectivity index (χ1v) is 10.0. The minimum absolute atomic E-state index is 0.136. The summed E-state index contributed by atoms with van der Waals surface area (Å²) < 4.78 is 0. The average Bonchev–Trinajstić information content (AvgIpc) is 3.28. The molecule has 9 heteroatoms. The largest absolute Gasteiger partial charge is 0.479 e. The van der Waals surface area contributed by atoms with Crippen LogP contribution in [0.4, 0.5) is 0 Å². The molecule has 1 amide bonds. The number of benzene rings is 2. The monoisotopic (exact) mass is 431 g/mol. The van der Waals surface area contributed by atoms with Gasteiger partial charge in [-0.1, -0.05) is 59.8 Å². The van der Waals surface area contributed by atoms with Gasteiger partial charge in [-0.15, -0.1) is 5.10 Å². The fraction of sp³-hybridized carbons (Fsp3) is 0.174. The van der Waals surface area contributed by atoms with Gasteiger partial charge in [0.25, 0.3) is 5.91 Å². The van der Waals surface area contributed by atoms with Gasteiger partial charge in [0.2, 0.25) is 5.65 Å². The van der Waals surface area contributed by atoms with Gasteiger partial charge in [0.15, 0.2) is 6.10 Å². The molecule has 2 aromatic carbocycles. The summed E-state index contributed by atoms with van der Waals surface area (Å²) in [6.07, 6.45) is -0.00399. The number of fused-ring (bicyclic) bond motifs is 1. The van der Waals surface area contributed by atoms with Crippen LogP contribution >= 0.6 is 0 Å². The van der Waals surface area contributed by atoms with E-state index in [1.807, 2.05) is 54.6 Å². The first-order chi connectivity index (χ1) is 15.5. The van der Waals surface area contributed by atoms with E-state index in [0.29, 0.717) is 17.6 Å². The Kier molecular flexibility index (Phi) is 6.18. The van der Waals surface area contributed by atoms with Gasteiger partial charge in [-0.05, 0) is 29.2 Å². The predicted molar refractivity (Wildman–Crippen MR) is 117 cm³/mol. The second-order valence-electron chi connectivity index (χ2n) is 7.43. The van der Waals surface area contributed by atoms with Crippen LogP contribution in [0.2, 0.25) is 0 Å². The van der Waals surface area contributed by atoms with Gasteiger partial charge in [0.1, 0.15) is 5.52 Å². The van der Waals surface area contributed by atoms with E-state index in [1.54, 1.807) is 6.07 Å². The summed E-state index contributed by atoms with van der Waals surface area (Å²) in [6, 6.07) is 18.7. The molecule has 4 aromatic rings. The number of pyridine rings is 1. The zero-order chi connectivity index (χ0) is 22.5. The number of aromatic amines is 1. The van der Waals surface area contributed by atoms with E-state index in [0.717, 1.165) is 16.7 Å². The van der Waals surface area contributed by atoms with E-state index < -0.39 is 24.0 Å². The highest BCUT2D eigenvalue weighted by atomic mass is 16.4. The summed E-state index contributed by atoms with van der Waals surface area (Å²) in [5.41, 5.74) is 4.21. The quantitative estimate of drug-likeness (QED) is 0.335. The summed E-state index contributed by atoms with van der Waals surface area (Å²) in [5.74, 6) is -1.77. The average molecular weight is 431 g/mol. The number of aliphatic hydroxyl groups is 1. The van der Waals surface area contributed by atoms with Crippen LogP contribution in [0.25, 0.3) is 22.3 Å². The molecule has 0 fully saturated rings. The number of aliphatic hydroxyl groups excluding tert-OH is 1. The summed E-state index contributed by atoms with van der Waals surface area (Å²) in [7, 11) is 0. The number of carboxylic acids is 1. The summed E-state index contributed by atoms with van der Waals surface area (Å²) in [4.78, 5) is 28.0. The Labute approximate surface area is 183 Å². The van der Waals surface area contributed by atoms with Crippen molar-refractivity contribution in [2.24, 2.45) is 0 Å². The lowest BCUT2D eigenvalue weighted by atomic mass is 9.97. The molecule has 0 saturated carbocycles. The number of rotatable bonds is 8. The Morgan fingerprint density at radius 2 is 1.75 bits per heavy atom. The van der Waals surface area contributed by atoms with E-state index in [2.05, 4.69) is 25.7 Å². The maximum atomic E-state index is 12.8. The van der Waals surface area contributed by atoms with Gasteiger partial charge in [-0.2, -0.15) is 0 Å². The number of carboxylic acid groups (broad SMARTS) is 1. The van der Waals surface area contributed by atoms with Gasteiger partial charge in [0, 0.05) is 18.7 Å². The van der Waals surface area contributed by atoms with Gasteiger partial charge >= 0.3 is 5.97 Å². The van der Waals surface area contributed by atoms with Crippen LogP contribution in [0, 0.1) is 0 Å². The van der Waals surface area contributed by atoms with Crippen molar-refractivity contribution in [3.63, 3.8) is 0 Å². The van der Waals surface area contributed by atoms with Crippen molar-refractivity contribution in [3.8, 4) is 11.1 Å². The van der Waals surface area contributed by atoms with Gasteiger partial charge in [-0.25, -0.2) is 9.78 Å². The maximum Gasteiger partial charge on any atom is 0.332 e. The lowest BCUT2D eigenvalue weighted by molar-refractivity contribution is -0.147. The lowest BCUT2D eigenvalue weighted by Crippen LogP contribution is -2.40. The molecule has 4 rings (SSSR count). The van der Waals surface area contributed by atoms with Crippen LogP contribution < -0.4 is 5.32 Å². The Balaban J connectivity index is 1.50. The third kappa shape index (κ3) is 4.96. The number of aliphatic carboxylic acids is 1. The van der Waals surface area contributed by atoms with E-state index in [4.69, 9.17) is 5.11 Å². The number of hydrogen-bond acceptors (Lipinski definition) is 6. The summed E-state index contributed by atoms with van der Waals surface area (Å²) in [5, 5.41) is 31.9. The van der Waals surface area contributed by atoms with Crippen molar-refractivity contribution in [2.45, 2.75) is 25.0 Å². The number of aromatic nitrogens is 4. The van der Waals surface area contributed by atoms with Crippen LogP contribution in [0.15, 0.2) is 66.9 Å². The molecule has 9 nitrogen and oxygen atoms in total. The number of hydrogen-bond donors (Lipinski definition) is 4. The van der Waals surface area contributed by atoms with Crippen LogP contribution in [-0.2, 0) is 11.2 Å². The molecule has 2 heterocycles. The molecule has 0 bridgehead atoms. The fourth-order valence-corrected chi connectivity index (χ4v) is 3.45. The second kappa shape index (κ2) is 9.36. The zero-order valence-electron chi connectivity index (χ0n) is 17.0. The maximum absolute atomic E-state index is 12.8. The lowest BCUT2D eigenvalue weighted by Gasteiger charge is -2.20. The Morgan fingerprint density at radius 1 is 1.03 bits per heavy atom. The molecule has 4 N–H and O–H groups in total. The zero-order valence-corrected chi connectivity index (χ0v) is 17.0. The smallest absolute Gasteiger partial charge is 0.332 e. The topological polar surface area (TPSA) is 141 Å². The van der Waals surface area contributed by atoms with Crippen molar-refractivity contribution < 1.29 is 19.8 Å². The van der Waals surface area contributed by atoms with Crippen molar-refractivity contribution in [1.29, 1.82) is 0 Å². The molecule has 0 aliphatic rings. The predicted octanol–water partition coefficient (Wildman–Crippen LogP) is 2.20.